The first kappa shape index (κ1) is 20.4. The van der Waals surface area contributed by atoms with Crippen molar-refractivity contribution >= 4 is 23.4 Å². The zero-order valence-corrected chi connectivity index (χ0v) is 16.7. The zero-order chi connectivity index (χ0) is 20.3. The molecule has 1 aliphatic rings. The fourth-order valence-electron chi connectivity index (χ4n) is 3.49. The Hall–Kier alpha value is -2.38. The molecule has 1 saturated carbocycles. The molecule has 1 fully saturated rings. The van der Waals surface area contributed by atoms with Crippen LogP contribution in [0.25, 0.3) is 0 Å². The van der Waals surface area contributed by atoms with Crippen molar-refractivity contribution in [2.75, 3.05) is 7.05 Å². The summed E-state index contributed by atoms with van der Waals surface area (Å²) in [5.41, 5.74) is 1.38. The number of aliphatic hydroxyl groups is 1. The van der Waals surface area contributed by atoms with E-state index >= 15 is 0 Å². The maximum Gasteiger partial charge on any atom is 0.271 e. The molecule has 8 heteroatoms. The average Bonchev–Trinajstić information content (AvgIpc) is 3.14. The van der Waals surface area contributed by atoms with Gasteiger partial charge in [-0.1, -0.05) is 23.7 Å². The first-order chi connectivity index (χ1) is 13.4. The molecule has 3 rings (SSSR count). The number of benzene rings is 1. The number of carbonyl (C=O) groups is 2. The van der Waals surface area contributed by atoms with Crippen molar-refractivity contribution in [2.24, 2.45) is 0 Å². The van der Waals surface area contributed by atoms with Gasteiger partial charge in [0.2, 0.25) is 0 Å². The molecular weight excluding hydrogens is 380 g/mol. The Morgan fingerprint density at radius 3 is 2.57 bits per heavy atom. The third-order valence-electron chi connectivity index (χ3n) is 5.16. The number of aliphatic hydroxyl groups excluding tert-OH is 1. The van der Waals surface area contributed by atoms with Gasteiger partial charge < -0.3 is 15.7 Å². The summed E-state index contributed by atoms with van der Waals surface area (Å²) in [6.07, 6.45) is 2.51. The van der Waals surface area contributed by atoms with E-state index in [1.165, 1.54) is 13.1 Å². The zero-order valence-electron chi connectivity index (χ0n) is 16.0. The van der Waals surface area contributed by atoms with Crippen molar-refractivity contribution in [1.82, 2.24) is 20.4 Å². The van der Waals surface area contributed by atoms with Crippen LogP contribution in [-0.4, -0.2) is 45.9 Å². The van der Waals surface area contributed by atoms with Gasteiger partial charge in [0.05, 0.1) is 12.1 Å². The topological polar surface area (TPSA) is 96.3 Å². The molecule has 1 heterocycles. The molecule has 2 amide bonds. The highest BCUT2D eigenvalue weighted by atomic mass is 35.5. The molecule has 28 heavy (non-hydrogen) atoms. The van der Waals surface area contributed by atoms with Gasteiger partial charge in [0.1, 0.15) is 5.69 Å². The minimum atomic E-state index is -0.355. The standard InChI is InChI=1S/C20H25ClN4O3/c1-12(13-4-3-5-14(21)10-13)25-18(11-17(24-25)19(27)22-2)20(28)23-15-6-8-16(26)9-7-15/h3-5,10-12,15-16,26H,6-9H2,1-2H3,(H,22,27)(H,23,28)/t12-,15-,16+/m0/s1. The summed E-state index contributed by atoms with van der Waals surface area (Å²) < 4.78 is 1.56. The second kappa shape index (κ2) is 8.75. The predicted molar refractivity (Wildman–Crippen MR) is 107 cm³/mol. The highest BCUT2D eigenvalue weighted by Crippen LogP contribution is 2.24. The maximum absolute atomic E-state index is 12.9. The van der Waals surface area contributed by atoms with Crippen molar-refractivity contribution in [3.8, 4) is 0 Å². The van der Waals surface area contributed by atoms with Gasteiger partial charge in [-0.3, -0.25) is 14.3 Å². The minimum absolute atomic E-state index is 0.00387. The van der Waals surface area contributed by atoms with Crippen LogP contribution in [0.2, 0.25) is 5.02 Å². The fourth-order valence-corrected chi connectivity index (χ4v) is 3.68. The van der Waals surface area contributed by atoms with E-state index in [0.717, 1.165) is 18.4 Å². The van der Waals surface area contributed by atoms with E-state index < -0.39 is 0 Å². The number of carbonyl (C=O) groups excluding carboxylic acids is 2. The number of halogens is 1. The monoisotopic (exact) mass is 404 g/mol. The molecule has 0 radical (unpaired) electrons. The summed E-state index contributed by atoms with van der Waals surface area (Å²) in [5.74, 6) is -0.634. The smallest absolute Gasteiger partial charge is 0.271 e. The average molecular weight is 405 g/mol. The Labute approximate surface area is 169 Å². The van der Waals surface area contributed by atoms with Crippen LogP contribution in [0.4, 0.5) is 0 Å². The summed E-state index contributed by atoms with van der Waals surface area (Å²) >= 11 is 6.10. The van der Waals surface area contributed by atoms with Gasteiger partial charge in [0, 0.05) is 24.2 Å². The van der Waals surface area contributed by atoms with Gasteiger partial charge in [-0.05, 0) is 50.3 Å². The van der Waals surface area contributed by atoms with E-state index in [2.05, 4.69) is 15.7 Å². The van der Waals surface area contributed by atoms with E-state index in [1.807, 2.05) is 25.1 Å². The lowest BCUT2D eigenvalue weighted by Gasteiger charge is -2.26. The molecule has 3 N–H and O–H groups in total. The molecule has 0 aliphatic heterocycles. The second-order valence-corrected chi connectivity index (χ2v) is 7.58. The third-order valence-corrected chi connectivity index (χ3v) is 5.39. The Balaban J connectivity index is 1.89. The Morgan fingerprint density at radius 1 is 1.21 bits per heavy atom. The van der Waals surface area contributed by atoms with Crippen LogP contribution in [0.1, 0.15) is 65.2 Å². The molecule has 0 bridgehead atoms. The molecule has 1 aromatic heterocycles. The number of nitrogens with one attached hydrogen (secondary N) is 2. The van der Waals surface area contributed by atoms with E-state index in [4.69, 9.17) is 11.6 Å². The number of nitrogens with zero attached hydrogens (tertiary/aromatic N) is 2. The number of hydrogen-bond acceptors (Lipinski definition) is 4. The first-order valence-electron chi connectivity index (χ1n) is 9.45. The quantitative estimate of drug-likeness (QED) is 0.713. The number of amides is 2. The summed E-state index contributed by atoms with van der Waals surface area (Å²) in [5, 5.41) is 20.2. The van der Waals surface area contributed by atoms with Crippen molar-refractivity contribution < 1.29 is 14.7 Å². The van der Waals surface area contributed by atoms with E-state index in [1.54, 1.807) is 10.7 Å². The number of hydrogen-bond donors (Lipinski definition) is 3. The normalized spacial score (nSPS) is 20.4. The van der Waals surface area contributed by atoms with Crippen LogP contribution in [-0.2, 0) is 0 Å². The van der Waals surface area contributed by atoms with Gasteiger partial charge in [-0.25, -0.2) is 0 Å². The molecule has 2 aromatic rings. The molecule has 0 spiro atoms. The first-order valence-corrected chi connectivity index (χ1v) is 9.83. The molecule has 1 aromatic carbocycles. The lowest BCUT2D eigenvalue weighted by molar-refractivity contribution is 0.0856. The SMILES string of the molecule is CNC(=O)c1cc(C(=O)N[C@H]2CC[C@@H](O)CC2)n([C@@H](C)c2cccc(Cl)c2)n1. The summed E-state index contributed by atoms with van der Waals surface area (Å²) in [4.78, 5) is 25.0. The minimum Gasteiger partial charge on any atom is -0.393 e. The van der Waals surface area contributed by atoms with Crippen molar-refractivity contribution in [3.63, 3.8) is 0 Å². The number of rotatable bonds is 5. The molecule has 150 valence electrons. The van der Waals surface area contributed by atoms with Crippen LogP contribution >= 0.6 is 11.6 Å². The summed E-state index contributed by atoms with van der Waals surface area (Å²) in [6.45, 7) is 1.90. The summed E-state index contributed by atoms with van der Waals surface area (Å²) in [6, 6.07) is 8.56. The molecule has 1 atom stereocenters. The Morgan fingerprint density at radius 2 is 1.93 bits per heavy atom. The van der Waals surface area contributed by atoms with Crippen LogP contribution < -0.4 is 10.6 Å². The molecule has 0 unspecified atom stereocenters. The highest BCUT2D eigenvalue weighted by Gasteiger charge is 2.26. The van der Waals surface area contributed by atoms with Crippen molar-refractivity contribution in [3.05, 3.63) is 52.3 Å². The van der Waals surface area contributed by atoms with E-state index in [-0.39, 0.29) is 35.7 Å². The summed E-state index contributed by atoms with van der Waals surface area (Å²) in [7, 11) is 1.52. The number of aromatic nitrogens is 2. The van der Waals surface area contributed by atoms with Crippen LogP contribution in [0, 0.1) is 0 Å². The largest absolute Gasteiger partial charge is 0.393 e. The molecule has 0 saturated heterocycles. The van der Waals surface area contributed by atoms with Crippen LogP contribution in [0.15, 0.2) is 30.3 Å². The predicted octanol–water partition coefficient (Wildman–Crippen LogP) is 2.54. The van der Waals surface area contributed by atoms with Gasteiger partial charge in [0.15, 0.2) is 5.69 Å². The highest BCUT2D eigenvalue weighted by molar-refractivity contribution is 6.30. The lowest BCUT2D eigenvalue weighted by Crippen LogP contribution is -2.39. The van der Waals surface area contributed by atoms with Gasteiger partial charge >= 0.3 is 0 Å². The maximum atomic E-state index is 12.9. The third kappa shape index (κ3) is 4.54. The Kier molecular flexibility index (Phi) is 6.36. The van der Waals surface area contributed by atoms with Crippen LogP contribution in [0.5, 0.6) is 0 Å². The molecule has 7 nitrogen and oxygen atoms in total. The van der Waals surface area contributed by atoms with Gasteiger partial charge in [-0.2, -0.15) is 5.10 Å². The lowest BCUT2D eigenvalue weighted by atomic mass is 9.93. The van der Waals surface area contributed by atoms with E-state index in [0.29, 0.717) is 23.6 Å². The van der Waals surface area contributed by atoms with Crippen molar-refractivity contribution in [1.29, 1.82) is 0 Å². The second-order valence-electron chi connectivity index (χ2n) is 7.15. The van der Waals surface area contributed by atoms with E-state index in [9.17, 15) is 14.7 Å². The van der Waals surface area contributed by atoms with Crippen molar-refractivity contribution in [2.45, 2.75) is 50.8 Å². The fraction of sp³-hybridized carbons (Fsp3) is 0.450. The molecule has 1 aliphatic carbocycles. The molecular formula is C20H25ClN4O3. The van der Waals surface area contributed by atoms with Gasteiger partial charge in [-0.15, -0.1) is 0 Å². The van der Waals surface area contributed by atoms with Crippen LogP contribution in [0.3, 0.4) is 0 Å². The Bertz CT molecular complexity index is 859. The van der Waals surface area contributed by atoms with Gasteiger partial charge in [0.25, 0.3) is 11.8 Å².